The van der Waals surface area contributed by atoms with Crippen molar-refractivity contribution in [3.8, 4) is 0 Å². The van der Waals surface area contributed by atoms with Crippen molar-refractivity contribution in [1.82, 2.24) is 14.0 Å². The van der Waals surface area contributed by atoms with Crippen molar-refractivity contribution in [1.29, 1.82) is 0 Å². The molecule has 0 atom stereocenters. The Kier molecular flexibility index (Phi) is 6.70. The van der Waals surface area contributed by atoms with E-state index in [1.54, 1.807) is 0 Å². The Balaban J connectivity index is 1.22. The van der Waals surface area contributed by atoms with E-state index in [0.717, 1.165) is 62.8 Å². The Labute approximate surface area is 188 Å². The van der Waals surface area contributed by atoms with E-state index in [1.165, 1.54) is 21.6 Å². The number of benzene rings is 2. The van der Waals surface area contributed by atoms with Crippen LogP contribution in [0.2, 0.25) is 0 Å². The maximum Gasteiger partial charge on any atom is 0.416 e. The van der Waals surface area contributed by atoms with Gasteiger partial charge in [-0.05, 0) is 60.9 Å². The number of sulfonamides is 1. The molecule has 1 aliphatic heterocycles. The van der Waals surface area contributed by atoms with Gasteiger partial charge in [-0.15, -0.1) is 0 Å². The molecule has 2 aromatic carbocycles. The predicted molar refractivity (Wildman–Crippen MR) is 120 cm³/mol. The lowest BCUT2D eigenvalue weighted by Crippen LogP contribution is -2.47. The lowest BCUT2D eigenvalue weighted by molar-refractivity contribution is -0.137. The SMILES string of the molecule is O=S(=O)(NCCCN1CCN(c2nsc3ccccc23)CC1)c1ccc(C(F)(F)F)cc1. The number of halogens is 3. The van der Waals surface area contributed by atoms with Crippen LogP contribution in [0.5, 0.6) is 0 Å². The predicted octanol–water partition coefficient (Wildman–Crippen LogP) is 3.81. The highest BCUT2D eigenvalue weighted by molar-refractivity contribution is 7.89. The third kappa shape index (κ3) is 5.22. The zero-order chi connectivity index (χ0) is 22.8. The van der Waals surface area contributed by atoms with Crippen molar-refractivity contribution in [2.24, 2.45) is 0 Å². The van der Waals surface area contributed by atoms with Crippen LogP contribution in [0.4, 0.5) is 19.0 Å². The molecular weight excluding hydrogens is 461 g/mol. The van der Waals surface area contributed by atoms with Crippen LogP contribution in [0.25, 0.3) is 10.1 Å². The molecule has 6 nitrogen and oxygen atoms in total. The van der Waals surface area contributed by atoms with Gasteiger partial charge in [0.05, 0.1) is 15.2 Å². The van der Waals surface area contributed by atoms with E-state index < -0.39 is 21.8 Å². The molecule has 11 heteroatoms. The highest BCUT2D eigenvalue weighted by Gasteiger charge is 2.30. The topological polar surface area (TPSA) is 65.5 Å². The molecule has 0 aliphatic carbocycles. The molecule has 0 amide bonds. The number of nitrogens with zero attached hydrogens (tertiary/aromatic N) is 3. The summed E-state index contributed by atoms with van der Waals surface area (Å²) in [5.74, 6) is 1.02. The number of rotatable bonds is 7. The van der Waals surface area contributed by atoms with E-state index in [2.05, 4.69) is 31.0 Å². The number of nitrogens with one attached hydrogen (secondary N) is 1. The Bertz CT molecular complexity index is 1160. The van der Waals surface area contributed by atoms with Gasteiger partial charge < -0.3 is 4.90 Å². The van der Waals surface area contributed by atoms with Crippen LogP contribution in [0.1, 0.15) is 12.0 Å². The molecule has 32 heavy (non-hydrogen) atoms. The van der Waals surface area contributed by atoms with Crippen LogP contribution in [0.3, 0.4) is 0 Å². The normalized spacial score (nSPS) is 16.0. The molecule has 0 radical (unpaired) electrons. The average Bonchev–Trinajstić information content (AvgIpc) is 3.21. The Morgan fingerprint density at radius 1 is 1.00 bits per heavy atom. The largest absolute Gasteiger partial charge is 0.416 e. The first-order valence-electron chi connectivity index (χ1n) is 10.2. The Morgan fingerprint density at radius 3 is 2.38 bits per heavy atom. The van der Waals surface area contributed by atoms with Gasteiger partial charge in [-0.2, -0.15) is 17.5 Å². The maximum atomic E-state index is 12.6. The summed E-state index contributed by atoms with van der Waals surface area (Å²) in [4.78, 5) is 4.38. The zero-order valence-corrected chi connectivity index (χ0v) is 18.8. The summed E-state index contributed by atoms with van der Waals surface area (Å²) >= 11 is 1.50. The summed E-state index contributed by atoms with van der Waals surface area (Å²) in [6.07, 6.45) is -3.88. The number of alkyl halides is 3. The lowest BCUT2D eigenvalue weighted by Gasteiger charge is -2.35. The number of hydrogen-bond donors (Lipinski definition) is 1. The molecule has 1 aliphatic rings. The van der Waals surface area contributed by atoms with Gasteiger partial charge in [-0.1, -0.05) is 12.1 Å². The minimum atomic E-state index is -4.49. The van der Waals surface area contributed by atoms with Crippen LogP contribution >= 0.6 is 11.5 Å². The smallest absolute Gasteiger partial charge is 0.353 e. The van der Waals surface area contributed by atoms with Crippen molar-refractivity contribution in [3.63, 3.8) is 0 Å². The summed E-state index contributed by atoms with van der Waals surface area (Å²) in [7, 11) is -3.84. The summed E-state index contributed by atoms with van der Waals surface area (Å²) < 4.78 is 70.8. The Morgan fingerprint density at radius 2 is 1.69 bits per heavy atom. The number of aromatic nitrogens is 1. The molecule has 2 heterocycles. The number of hydrogen-bond acceptors (Lipinski definition) is 6. The molecule has 1 aromatic heterocycles. The summed E-state index contributed by atoms with van der Waals surface area (Å²) in [5.41, 5.74) is -0.874. The molecule has 1 fully saturated rings. The zero-order valence-electron chi connectivity index (χ0n) is 17.2. The fourth-order valence-electron chi connectivity index (χ4n) is 3.70. The van der Waals surface area contributed by atoms with Crippen molar-refractivity contribution >= 4 is 37.5 Å². The number of piperazine rings is 1. The van der Waals surface area contributed by atoms with Gasteiger partial charge >= 0.3 is 6.18 Å². The first-order valence-corrected chi connectivity index (χ1v) is 12.5. The second kappa shape index (κ2) is 9.34. The highest BCUT2D eigenvalue weighted by atomic mass is 32.2. The molecule has 172 valence electrons. The van der Waals surface area contributed by atoms with Crippen molar-refractivity contribution in [2.45, 2.75) is 17.5 Å². The van der Waals surface area contributed by atoms with Crippen LogP contribution < -0.4 is 9.62 Å². The third-order valence-electron chi connectivity index (χ3n) is 5.47. The van der Waals surface area contributed by atoms with Gasteiger partial charge in [0.1, 0.15) is 5.82 Å². The maximum absolute atomic E-state index is 12.6. The first kappa shape index (κ1) is 23.0. The van der Waals surface area contributed by atoms with Crippen molar-refractivity contribution in [3.05, 3.63) is 54.1 Å². The fraction of sp³-hybridized carbons (Fsp3) is 0.381. The summed E-state index contributed by atoms with van der Waals surface area (Å²) in [5, 5.41) is 1.17. The van der Waals surface area contributed by atoms with E-state index in [-0.39, 0.29) is 11.4 Å². The molecule has 0 saturated carbocycles. The van der Waals surface area contributed by atoms with E-state index in [0.29, 0.717) is 6.42 Å². The summed E-state index contributed by atoms with van der Waals surface area (Å²) in [6, 6.07) is 11.7. The van der Waals surface area contributed by atoms with E-state index in [1.807, 2.05) is 12.1 Å². The van der Waals surface area contributed by atoms with Crippen molar-refractivity contribution in [2.75, 3.05) is 44.2 Å². The molecule has 4 rings (SSSR count). The summed E-state index contributed by atoms with van der Waals surface area (Å²) in [6.45, 7) is 4.38. The van der Waals surface area contributed by atoms with Crippen LogP contribution in [-0.4, -0.2) is 57.0 Å². The minimum absolute atomic E-state index is 0.172. The van der Waals surface area contributed by atoms with Crippen molar-refractivity contribution < 1.29 is 21.6 Å². The lowest BCUT2D eigenvalue weighted by atomic mass is 10.2. The van der Waals surface area contributed by atoms with Crippen LogP contribution in [0, 0.1) is 0 Å². The molecule has 1 saturated heterocycles. The van der Waals surface area contributed by atoms with Crippen LogP contribution in [-0.2, 0) is 16.2 Å². The second-order valence-electron chi connectivity index (χ2n) is 7.60. The first-order chi connectivity index (χ1) is 15.2. The second-order valence-corrected chi connectivity index (χ2v) is 10.2. The molecule has 0 spiro atoms. The molecule has 1 N–H and O–H groups in total. The molecular formula is C21H23F3N4O2S2. The quantitative estimate of drug-likeness (QED) is 0.517. The van der Waals surface area contributed by atoms with E-state index >= 15 is 0 Å². The fourth-order valence-corrected chi connectivity index (χ4v) is 5.57. The number of anilines is 1. The van der Waals surface area contributed by atoms with Gasteiger partial charge in [-0.25, -0.2) is 13.1 Å². The third-order valence-corrected chi connectivity index (χ3v) is 7.76. The van der Waals surface area contributed by atoms with Gasteiger partial charge in [0, 0.05) is 38.1 Å². The van der Waals surface area contributed by atoms with E-state index in [9.17, 15) is 21.6 Å². The average molecular weight is 485 g/mol. The Hall–Kier alpha value is -2.21. The van der Waals surface area contributed by atoms with Gasteiger partial charge in [0.15, 0.2) is 0 Å². The van der Waals surface area contributed by atoms with Gasteiger partial charge in [0.25, 0.3) is 0 Å². The van der Waals surface area contributed by atoms with E-state index in [4.69, 9.17) is 0 Å². The standard InChI is InChI=1S/C21H23F3N4O2S2/c22-21(23,24)16-6-8-17(9-7-16)32(29,30)25-10-3-11-27-12-14-28(15-13-27)20-18-4-1-2-5-19(18)31-26-20/h1-2,4-9,25H,3,10-15H2. The molecule has 0 bridgehead atoms. The molecule has 3 aromatic rings. The van der Waals surface area contributed by atoms with Gasteiger partial charge in [0.2, 0.25) is 10.0 Å². The highest BCUT2D eigenvalue weighted by Crippen LogP contribution is 2.30. The minimum Gasteiger partial charge on any atom is -0.353 e. The van der Waals surface area contributed by atoms with Gasteiger partial charge in [-0.3, -0.25) is 4.90 Å². The number of fused-ring (bicyclic) bond motifs is 1. The van der Waals surface area contributed by atoms with Crippen LogP contribution in [0.15, 0.2) is 53.4 Å². The monoisotopic (exact) mass is 484 g/mol. The molecule has 0 unspecified atom stereocenters.